The normalized spacial score (nSPS) is 15.6. The molecule has 33 heavy (non-hydrogen) atoms. The minimum Gasteiger partial charge on any atom is -0.497 e. The van der Waals surface area contributed by atoms with E-state index in [1.807, 2.05) is 48.5 Å². The van der Waals surface area contributed by atoms with Crippen molar-refractivity contribution in [2.24, 2.45) is 4.99 Å². The Balaban J connectivity index is 1.95. The van der Waals surface area contributed by atoms with Crippen LogP contribution in [0.3, 0.4) is 0 Å². The maximum absolute atomic E-state index is 13.6. The number of rotatable bonds is 6. The van der Waals surface area contributed by atoms with E-state index in [2.05, 4.69) is 4.99 Å². The van der Waals surface area contributed by atoms with Crippen molar-refractivity contribution in [2.75, 3.05) is 20.8 Å². The molecule has 0 aliphatic carbocycles. The number of aromatic nitrogens is 1. The summed E-state index contributed by atoms with van der Waals surface area (Å²) in [5, 5.41) is 0. The monoisotopic (exact) mass is 464 g/mol. The first-order valence-electron chi connectivity index (χ1n) is 10.4. The van der Waals surface area contributed by atoms with E-state index in [1.54, 1.807) is 38.7 Å². The van der Waals surface area contributed by atoms with Gasteiger partial charge in [0.25, 0.3) is 5.56 Å². The van der Waals surface area contributed by atoms with E-state index in [4.69, 9.17) is 14.2 Å². The Morgan fingerprint density at radius 1 is 1.12 bits per heavy atom. The van der Waals surface area contributed by atoms with E-state index in [0.717, 1.165) is 11.3 Å². The minimum absolute atomic E-state index is 0.218. The highest BCUT2D eigenvalue weighted by atomic mass is 32.1. The van der Waals surface area contributed by atoms with Gasteiger partial charge in [0.1, 0.15) is 17.5 Å². The lowest BCUT2D eigenvalue weighted by molar-refractivity contribution is -0.139. The summed E-state index contributed by atoms with van der Waals surface area (Å²) in [6.45, 7) is 3.72. The maximum atomic E-state index is 13.6. The standard InChI is InChI=1S/C25H24N2O5S/c1-5-32-24(29)21-15(2)26-25-27(22(21)18-8-6-7-9-19(18)31-4)23(28)20(33-25)14-16-10-12-17(30-3)13-11-16/h6-14,22H,5H2,1-4H3. The Labute approximate surface area is 194 Å². The minimum atomic E-state index is -0.713. The fourth-order valence-electron chi connectivity index (χ4n) is 3.83. The highest BCUT2D eigenvalue weighted by Gasteiger charge is 2.34. The van der Waals surface area contributed by atoms with Gasteiger partial charge in [0.15, 0.2) is 4.80 Å². The number of methoxy groups -OCH3 is 2. The van der Waals surface area contributed by atoms with Crippen molar-refractivity contribution in [2.45, 2.75) is 19.9 Å². The lowest BCUT2D eigenvalue weighted by Crippen LogP contribution is -2.40. The Kier molecular flexibility index (Phi) is 6.46. The van der Waals surface area contributed by atoms with Crippen molar-refractivity contribution in [1.29, 1.82) is 0 Å². The Bertz CT molecular complexity index is 1400. The third-order valence-electron chi connectivity index (χ3n) is 5.36. The number of thiazole rings is 1. The summed E-state index contributed by atoms with van der Waals surface area (Å²) in [5.41, 5.74) is 2.15. The van der Waals surface area contributed by atoms with Gasteiger partial charge in [-0.2, -0.15) is 0 Å². The fourth-order valence-corrected chi connectivity index (χ4v) is 4.88. The summed E-state index contributed by atoms with van der Waals surface area (Å²) in [5.74, 6) is 0.808. The van der Waals surface area contributed by atoms with Crippen LogP contribution < -0.4 is 24.4 Å². The Morgan fingerprint density at radius 3 is 2.52 bits per heavy atom. The van der Waals surface area contributed by atoms with Crippen LogP contribution >= 0.6 is 11.3 Å². The number of hydrogen-bond acceptors (Lipinski definition) is 7. The predicted octanol–water partition coefficient (Wildman–Crippen LogP) is 2.82. The first-order valence-corrected chi connectivity index (χ1v) is 11.3. The second-order valence-corrected chi connectivity index (χ2v) is 8.33. The average molecular weight is 465 g/mol. The van der Waals surface area contributed by atoms with Gasteiger partial charge in [-0.05, 0) is 43.7 Å². The van der Waals surface area contributed by atoms with Crippen LogP contribution in [-0.2, 0) is 9.53 Å². The molecule has 2 heterocycles. The second kappa shape index (κ2) is 9.46. The Hall–Kier alpha value is -3.65. The third-order valence-corrected chi connectivity index (χ3v) is 6.35. The van der Waals surface area contributed by atoms with Gasteiger partial charge in [-0.25, -0.2) is 9.79 Å². The third kappa shape index (κ3) is 4.21. The predicted molar refractivity (Wildman–Crippen MR) is 126 cm³/mol. The number of nitrogens with zero attached hydrogens (tertiary/aromatic N) is 2. The molecule has 0 saturated carbocycles. The summed E-state index contributed by atoms with van der Waals surface area (Å²) in [6, 6.07) is 14.1. The van der Waals surface area contributed by atoms with Crippen LogP contribution in [0, 0.1) is 0 Å². The average Bonchev–Trinajstić information content (AvgIpc) is 3.13. The second-order valence-electron chi connectivity index (χ2n) is 7.32. The van der Waals surface area contributed by atoms with Crippen LogP contribution in [0.5, 0.6) is 11.5 Å². The van der Waals surface area contributed by atoms with Crippen LogP contribution in [-0.4, -0.2) is 31.4 Å². The molecular formula is C25H24N2O5S. The SMILES string of the molecule is CCOC(=O)C1=C(C)N=c2sc(=Cc3ccc(OC)cc3)c(=O)n2C1c1ccccc1OC. The van der Waals surface area contributed by atoms with E-state index in [9.17, 15) is 9.59 Å². The van der Waals surface area contributed by atoms with Crippen LogP contribution in [0.2, 0.25) is 0 Å². The first-order chi connectivity index (χ1) is 16.0. The molecule has 1 atom stereocenters. The highest BCUT2D eigenvalue weighted by molar-refractivity contribution is 7.07. The Morgan fingerprint density at radius 2 is 1.85 bits per heavy atom. The van der Waals surface area contributed by atoms with E-state index in [0.29, 0.717) is 31.9 Å². The molecule has 0 amide bonds. The number of benzene rings is 2. The van der Waals surface area contributed by atoms with Gasteiger partial charge in [0, 0.05) is 5.56 Å². The van der Waals surface area contributed by atoms with Crippen molar-refractivity contribution in [1.82, 2.24) is 4.57 Å². The van der Waals surface area contributed by atoms with Crippen molar-refractivity contribution < 1.29 is 19.0 Å². The van der Waals surface area contributed by atoms with Gasteiger partial charge in [-0.15, -0.1) is 0 Å². The highest BCUT2D eigenvalue weighted by Crippen LogP contribution is 2.35. The van der Waals surface area contributed by atoms with Crippen molar-refractivity contribution in [3.63, 3.8) is 0 Å². The molecule has 0 N–H and O–H groups in total. The molecule has 1 aliphatic rings. The van der Waals surface area contributed by atoms with Crippen LogP contribution in [0.15, 0.2) is 69.6 Å². The molecule has 2 aromatic carbocycles. The quantitative estimate of drug-likeness (QED) is 0.524. The summed E-state index contributed by atoms with van der Waals surface area (Å²) >= 11 is 1.28. The molecule has 0 radical (unpaired) electrons. The molecule has 0 fully saturated rings. The summed E-state index contributed by atoms with van der Waals surface area (Å²) in [7, 11) is 3.17. The molecule has 0 spiro atoms. The van der Waals surface area contributed by atoms with Crippen LogP contribution in [0.25, 0.3) is 6.08 Å². The van der Waals surface area contributed by atoms with E-state index >= 15 is 0 Å². The maximum Gasteiger partial charge on any atom is 0.338 e. The molecule has 1 unspecified atom stereocenters. The number of allylic oxidation sites excluding steroid dienone is 1. The number of hydrogen-bond donors (Lipinski definition) is 0. The van der Waals surface area contributed by atoms with Gasteiger partial charge in [0.05, 0.1) is 36.6 Å². The largest absolute Gasteiger partial charge is 0.497 e. The number of carbonyl (C=O) groups is 1. The van der Waals surface area contributed by atoms with Crippen LogP contribution in [0.1, 0.15) is 31.0 Å². The summed E-state index contributed by atoms with van der Waals surface area (Å²) in [6.07, 6.45) is 1.81. The fraction of sp³-hybridized carbons (Fsp3) is 0.240. The zero-order valence-corrected chi connectivity index (χ0v) is 19.6. The van der Waals surface area contributed by atoms with Crippen molar-refractivity contribution >= 4 is 23.4 Å². The summed E-state index contributed by atoms with van der Waals surface area (Å²) < 4.78 is 18.2. The van der Waals surface area contributed by atoms with Gasteiger partial charge in [-0.1, -0.05) is 41.7 Å². The van der Waals surface area contributed by atoms with E-state index in [1.165, 1.54) is 11.3 Å². The lowest BCUT2D eigenvalue weighted by atomic mass is 9.95. The molecule has 0 saturated heterocycles. The smallest absolute Gasteiger partial charge is 0.338 e. The molecule has 0 bridgehead atoms. The molecule has 3 aromatic rings. The number of carbonyl (C=O) groups excluding carboxylic acids is 1. The molecule has 8 heteroatoms. The van der Waals surface area contributed by atoms with E-state index in [-0.39, 0.29) is 12.2 Å². The lowest BCUT2D eigenvalue weighted by Gasteiger charge is -2.25. The van der Waals surface area contributed by atoms with Gasteiger partial charge in [0.2, 0.25) is 0 Å². The molecule has 170 valence electrons. The van der Waals surface area contributed by atoms with Crippen LogP contribution in [0.4, 0.5) is 0 Å². The number of fused-ring (bicyclic) bond motifs is 1. The van der Waals surface area contributed by atoms with Crippen molar-refractivity contribution in [3.05, 3.63) is 90.6 Å². The topological polar surface area (TPSA) is 79.1 Å². The number of para-hydroxylation sites is 1. The molecule has 4 rings (SSSR count). The zero-order valence-electron chi connectivity index (χ0n) is 18.8. The number of esters is 1. The zero-order chi connectivity index (χ0) is 23.5. The summed E-state index contributed by atoms with van der Waals surface area (Å²) in [4.78, 5) is 31.7. The van der Waals surface area contributed by atoms with Gasteiger partial charge >= 0.3 is 5.97 Å². The first kappa shape index (κ1) is 22.5. The number of ether oxygens (including phenoxy) is 3. The molecule has 7 nitrogen and oxygen atoms in total. The molecular weight excluding hydrogens is 440 g/mol. The van der Waals surface area contributed by atoms with Gasteiger partial charge < -0.3 is 14.2 Å². The van der Waals surface area contributed by atoms with Gasteiger partial charge in [-0.3, -0.25) is 9.36 Å². The molecule has 1 aromatic heterocycles. The van der Waals surface area contributed by atoms with Crippen molar-refractivity contribution in [3.8, 4) is 11.5 Å². The molecule has 1 aliphatic heterocycles. The van der Waals surface area contributed by atoms with E-state index < -0.39 is 12.0 Å².